The van der Waals surface area contributed by atoms with Crippen LogP contribution in [0.25, 0.3) is 0 Å². The summed E-state index contributed by atoms with van der Waals surface area (Å²) in [7, 11) is -3.91. The maximum atomic E-state index is 13.8. The van der Waals surface area contributed by atoms with E-state index in [0.717, 1.165) is 17.8 Å². The van der Waals surface area contributed by atoms with Crippen LogP contribution in [0.3, 0.4) is 0 Å². The molecule has 0 fully saturated rings. The average molecular weight is 299 g/mol. The Labute approximate surface area is 114 Å². The van der Waals surface area contributed by atoms with Crippen molar-refractivity contribution in [3.05, 3.63) is 48.3 Å². The molecule has 0 heterocycles. The second-order valence-electron chi connectivity index (χ2n) is 3.74. The van der Waals surface area contributed by atoms with Gasteiger partial charge in [-0.3, -0.25) is 0 Å². The topological polar surface area (TPSA) is 80.4 Å². The third-order valence-corrected chi connectivity index (χ3v) is 4.23. The summed E-state index contributed by atoms with van der Waals surface area (Å²) in [6.45, 7) is 0. The highest BCUT2D eigenvalue weighted by Crippen LogP contribution is 2.32. The SMILES string of the molecule is NS(=O)(=O)c1ccc(Sc2cccc(O)c2)c(F)c1. The average Bonchev–Trinajstić information content (AvgIpc) is 2.30. The smallest absolute Gasteiger partial charge is 0.238 e. The van der Waals surface area contributed by atoms with E-state index in [0.29, 0.717) is 4.90 Å². The number of aromatic hydroxyl groups is 1. The van der Waals surface area contributed by atoms with E-state index in [1.165, 1.54) is 24.3 Å². The van der Waals surface area contributed by atoms with Crippen LogP contribution in [0.15, 0.2) is 57.2 Å². The van der Waals surface area contributed by atoms with Crippen LogP contribution in [0, 0.1) is 5.82 Å². The zero-order valence-corrected chi connectivity index (χ0v) is 11.2. The normalized spacial score (nSPS) is 11.5. The first-order valence-electron chi connectivity index (χ1n) is 5.15. The Morgan fingerprint density at radius 2 is 1.89 bits per heavy atom. The number of nitrogens with two attached hydrogens (primary N) is 1. The highest BCUT2D eigenvalue weighted by molar-refractivity contribution is 7.99. The van der Waals surface area contributed by atoms with Gasteiger partial charge < -0.3 is 5.11 Å². The van der Waals surface area contributed by atoms with Crippen LogP contribution in [0.5, 0.6) is 5.75 Å². The summed E-state index contributed by atoms with van der Waals surface area (Å²) in [5, 5.41) is 14.2. The van der Waals surface area contributed by atoms with Crippen molar-refractivity contribution in [3.8, 4) is 5.75 Å². The van der Waals surface area contributed by atoms with Crippen molar-refractivity contribution in [2.45, 2.75) is 14.7 Å². The summed E-state index contributed by atoms with van der Waals surface area (Å²) in [6.07, 6.45) is 0. The third kappa shape index (κ3) is 3.46. The molecule has 3 N–H and O–H groups in total. The van der Waals surface area contributed by atoms with Crippen molar-refractivity contribution in [2.75, 3.05) is 0 Å². The first-order valence-corrected chi connectivity index (χ1v) is 7.52. The number of sulfonamides is 1. The van der Waals surface area contributed by atoms with Gasteiger partial charge in [-0.2, -0.15) is 0 Å². The lowest BCUT2D eigenvalue weighted by Gasteiger charge is -2.05. The van der Waals surface area contributed by atoms with Crippen LogP contribution in [0.1, 0.15) is 0 Å². The number of primary sulfonamides is 1. The largest absolute Gasteiger partial charge is 0.508 e. The molecule has 0 aliphatic rings. The molecule has 4 nitrogen and oxygen atoms in total. The van der Waals surface area contributed by atoms with Crippen LogP contribution >= 0.6 is 11.8 Å². The van der Waals surface area contributed by atoms with E-state index < -0.39 is 15.8 Å². The predicted molar refractivity (Wildman–Crippen MR) is 70.0 cm³/mol. The Kier molecular flexibility index (Phi) is 3.79. The molecule has 2 aromatic rings. The molecule has 0 saturated carbocycles. The molecule has 0 spiro atoms. The van der Waals surface area contributed by atoms with Gasteiger partial charge in [-0.05, 0) is 36.4 Å². The van der Waals surface area contributed by atoms with Crippen molar-refractivity contribution < 1.29 is 17.9 Å². The van der Waals surface area contributed by atoms with E-state index in [1.807, 2.05) is 0 Å². The van der Waals surface area contributed by atoms with Gasteiger partial charge in [0.05, 0.1) is 4.90 Å². The minimum Gasteiger partial charge on any atom is -0.508 e. The van der Waals surface area contributed by atoms with Gasteiger partial charge >= 0.3 is 0 Å². The summed E-state index contributed by atoms with van der Waals surface area (Å²) in [5.41, 5.74) is 0. The van der Waals surface area contributed by atoms with Gasteiger partial charge in [0.25, 0.3) is 0 Å². The highest BCUT2D eigenvalue weighted by Gasteiger charge is 2.12. The van der Waals surface area contributed by atoms with Crippen LogP contribution in [0.4, 0.5) is 4.39 Å². The van der Waals surface area contributed by atoms with Crippen LogP contribution < -0.4 is 5.14 Å². The fraction of sp³-hybridized carbons (Fsp3) is 0. The third-order valence-electron chi connectivity index (χ3n) is 2.28. The number of hydrogen-bond acceptors (Lipinski definition) is 4. The van der Waals surface area contributed by atoms with Gasteiger partial charge in [-0.25, -0.2) is 17.9 Å². The number of benzene rings is 2. The standard InChI is InChI=1S/C12H10FNO3S2/c13-11-7-10(19(14,16)17)4-5-12(11)18-9-3-1-2-8(15)6-9/h1-7,15H,(H2,14,16,17). The van der Waals surface area contributed by atoms with Gasteiger partial charge in [-0.15, -0.1) is 0 Å². The molecule has 7 heteroatoms. The minimum atomic E-state index is -3.91. The zero-order chi connectivity index (χ0) is 14.0. The van der Waals surface area contributed by atoms with Crippen LogP contribution in [-0.2, 0) is 10.0 Å². The predicted octanol–water partition coefficient (Wildman–Crippen LogP) is 2.33. The summed E-state index contributed by atoms with van der Waals surface area (Å²) < 4.78 is 35.9. The first-order chi connectivity index (χ1) is 8.86. The van der Waals surface area contributed by atoms with Crippen molar-refractivity contribution in [1.29, 1.82) is 0 Å². The molecule has 0 aliphatic heterocycles. The van der Waals surface area contributed by atoms with Crippen molar-refractivity contribution in [3.63, 3.8) is 0 Å². The minimum absolute atomic E-state index is 0.0755. The lowest BCUT2D eigenvalue weighted by molar-refractivity contribution is 0.474. The molecule has 0 bridgehead atoms. The van der Waals surface area contributed by atoms with E-state index in [9.17, 15) is 17.9 Å². The highest BCUT2D eigenvalue weighted by atomic mass is 32.2. The number of phenols is 1. The second kappa shape index (κ2) is 5.20. The van der Waals surface area contributed by atoms with Gasteiger partial charge in [0.2, 0.25) is 10.0 Å². The molecule has 0 radical (unpaired) electrons. The summed E-state index contributed by atoms with van der Waals surface area (Å²) in [6, 6.07) is 9.78. The van der Waals surface area contributed by atoms with E-state index in [-0.39, 0.29) is 15.5 Å². The number of halogens is 1. The fourth-order valence-electron chi connectivity index (χ4n) is 1.42. The van der Waals surface area contributed by atoms with Gasteiger partial charge in [-0.1, -0.05) is 17.8 Å². The zero-order valence-electron chi connectivity index (χ0n) is 9.58. The molecule has 0 aliphatic carbocycles. The Balaban J connectivity index is 2.32. The Bertz CT molecular complexity index is 717. The maximum absolute atomic E-state index is 13.8. The molecule has 2 aromatic carbocycles. The monoisotopic (exact) mass is 299 g/mol. The molecule has 2 rings (SSSR count). The number of rotatable bonds is 3. The summed E-state index contributed by atoms with van der Waals surface area (Å²) in [4.78, 5) is 0.616. The van der Waals surface area contributed by atoms with E-state index >= 15 is 0 Å². The van der Waals surface area contributed by atoms with Crippen molar-refractivity contribution >= 4 is 21.8 Å². The van der Waals surface area contributed by atoms with Crippen LogP contribution in [-0.4, -0.2) is 13.5 Å². The van der Waals surface area contributed by atoms with Crippen molar-refractivity contribution in [1.82, 2.24) is 0 Å². The summed E-state index contributed by atoms with van der Waals surface area (Å²) in [5.74, 6) is -0.605. The molecule has 0 saturated heterocycles. The molecule has 0 amide bonds. The molecule has 0 unspecified atom stereocenters. The quantitative estimate of drug-likeness (QED) is 0.911. The lowest BCUT2D eigenvalue weighted by Crippen LogP contribution is -2.12. The molecule has 100 valence electrons. The Morgan fingerprint density at radius 1 is 1.16 bits per heavy atom. The molecular weight excluding hydrogens is 289 g/mol. The summed E-state index contributed by atoms with van der Waals surface area (Å²) >= 11 is 1.08. The van der Waals surface area contributed by atoms with Gasteiger partial charge in [0.1, 0.15) is 11.6 Å². The van der Waals surface area contributed by atoms with E-state index in [2.05, 4.69) is 0 Å². The van der Waals surface area contributed by atoms with Crippen LogP contribution in [0.2, 0.25) is 0 Å². The van der Waals surface area contributed by atoms with Gasteiger partial charge in [0.15, 0.2) is 0 Å². The maximum Gasteiger partial charge on any atom is 0.238 e. The molecule has 0 aromatic heterocycles. The fourth-order valence-corrected chi connectivity index (χ4v) is 2.81. The second-order valence-corrected chi connectivity index (χ2v) is 6.41. The molecule has 19 heavy (non-hydrogen) atoms. The first kappa shape index (κ1) is 13.9. The lowest BCUT2D eigenvalue weighted by atomic mass is 10.3. The van der Waals surface area contributed by atoms with E-state index in [1.54, 1.807) is 12.1 Å². The number of phenolic OH excluding ortho intramolecular Hbond substituents is 1. The molecule has 0 atom stereocenters. The number of hydrogen-bond donors (Lipinski definition) is 2. The molecular formula is C12H10FNO3S2. The van der Waals surface area contributed by atoms with Gasteiger partial charge in [0, 0.05) is 9.79 Å². The van der Waals surface area contributed by atoms with E-state index in [4.69, 9.17) is 5.14 Å². The van der Waals surface area contributed by atoms with Crippen molar-refractivity contribution in [2.24, 2.45) is 5.14 Å². The Hall–Kier alpha value is -1.57. The Morgan fingerprint density at radius 3 is 2.47 bits per heavy atom.